The number of carbonyl (C=O) groups excluding carboxylic acids is 1. The number of nitrogens with one attached hydrogen (secondary N) is 1. The van der Waals surface area contributed by atoms with E-state index in [1.54, 1.807) is 7.11 Å². The van der Waals surface area contributed by atoms with E-state index in [2.05, 4.69) is 24.1 Å². The molecule has 2 heterocycles. The Hall–Kier alpha value is -2.17. The van der Waals surface area contributed by atoms with Gasteiger partial charge in [0.15, 0.2) is 0 Å². The molecule has 3 rings (SSSR count). The maximum atomic E-state index is 12.3. The molecule has 1 amide bonds. The summed E-state index contributed by atoms with van der Waals surface area (Å²) in [5.41, 5.74) is 1.61. The van der Waals surface area contributed by atoms with Crippen LogP contribution in [0.25, 0.3) is 11.0 Å². The zero-order chi connectivity index (χ0) is 15.7. The van der Waals surface area contributed by atoms with Gasteiger partial charge in [-0.15, -0.1) is 0 Å². The second-order valence-corrected chi connectivity index (χ2v) is 6.07. The third kappa shape index (κ3) is 2.63. The molecule has 0 fully saturated rings. The van der Waals surface area contributed by atoms with Crippen molar-refractivity contribution in [1.82, 2.24) is 5.32 Å². The molecule has 0 bridgehead atoms. The maximum absolute atomic E-state index is 12.3. The SMILES string of the molecule is COc1ccc2oc3c(c2c1)N(CCC(C)C)CCNC3=O. The number of benzene rings is 1. The summed E-state index contributed by atoms with van der Waals surface area (Å²) in [6, 6.07) is 5.65. The average molecular weight is 302 g/mol. The molecule has 118 valence electrons. The van der Waals surface area contributed by atoms with E-state index in [9.17, 15) is 4.79 Å². The highest BCUT2D eigenvalue weighted by Gasteiger charge is 2.27. The van der Waals surface area contributed by atoms with E-state index in [4.69, 9.17) is 9.15 Å². The van der Waals surface area contributed by atoms with Crippen LogP contribution in [0.5, 0.6) is 5.75 Å². The number of fused-ring (bicyclic) bond motifs is 3. The number of rotatable bonds is 4. The number of amides is 1. The Kier molecular flexibility index (Phi) is 3.96. The van der Waals surface area contributed by atoms with Crippen molar-refractivity contribution in [3.63, 3.8) is 0 Å². The fourth-order valence-electron chi connectivity index (χ4n) is 2.79. The van der Waals surface area contributed by atoms with Gasteiger partial charge in [-0.3, -0.25) is 4.79 Å². The van der Waals surface area contributed by atoms with Crippen LogP contribution in [0.3, 0.4) is 0 Å². The quantitative estimate of drug-likeness (QED) is 0.943. The zero-order valence-electron chi connectivity index (χ0n) is 13.3. The van der Waals surface area contributed by atoms with E-state index in [0.717, 1.165) is 41.9 Å². The predicted molar refractivity (Wildman–Crippen MR) is 86.8 cm³/mol. The van der Waals surface area contributed by atoms with Gasteiger partial charge in [-0.25, -0.2) is 0 Å². The van der Waals surface area contributed by atoms with Gasteiger partial charge in [0.2, 0.25) is 5.76 Å². The molecule has 0 unspecified atom stereocenters. The molecule has 0 atom stereocenters. The molecule has 1 aromatic carbocycles. The van der Waals surface area contributed by atoms with Crippen molar-refractivity contribution in [3.8, 4) is 5.75 Å². The summed E-state index contributed by atoms with van der Waals surface area (Å²) in [6.45, 7) is 6.74. The third-order valence-corrected chi connectivity index (χ3v) is 4.04. The Morgan fingerprint density at radius 3 is 2.95 bits per heavy atom. The van der Waals surface area contributed by atoms with Gasteiger partial charge < -0.3 is 19.4 Å². The fraction of sp³-hybridized carbons (Fsp3) is 0.471. The lowest BCUT2D eigenvalue weighted by atomic mass is 10.1. The van der Waals surface area contributed by atoms with E-state index in [1.807, 2.05) is 18.2 Å². The Morgan fingerprint density at radius 2 is 2.23 bits per heavy atom. The van der Waals surface area contributed by atoms with E-state index >= 15 is 0 Å². The number of hydrogen-bond acceptors (Lipinski definition) is 4. The molecule has 0 spiro atoms. The van der Waals surface area contributed by atoms with Crippen molar-refractivity contribution in [2.45, 2.75) is 20.3 Å². The first-order chi connectivity index (χ1) is 10.6. The highest BCUT2D eigenvalue weighted by molar-refractivity contribution is 6.07. The monoisotopic (exact) mass is 302 g/mol. The number of hydrogen-bond donors (Lipinski definition) is 1. The molecular formula is C17H22N2O3. The fourth-order valence-corrected chi connectivity index (χ4v) is 2.79. The van der Waals surface area contributed by atoms with Gasteiger partial charge in [0, 0.05) is 25.0 Å². The number of anilines is 1. The second-order valence-electron chi connectivity index (χ2n) is 6.07. The van der Waals surface area contributed by atoms with Gasteiger partial charge in [0.25, 0.3) is 5.91 Å². The van der Waals surface area contributed by atoms with Gasteiger partial charge >= 0.3 is 0 Å². The van der Waals surface area contributed by atoms with E-state index in [-0.39, 0.29) is 5.91 Å². The minimum absolute atomic E-state index is 0.141. The summed E-state index contributed by atoms with van der Waals surface area (Å²) in [6.07, 6.45) is 1.07. The van der Waals surface area contributed by atoms with Crippen molar-refractivity contribution in [3.05, 3.63) is 24.0 Å². The molecule has 0 aliphatic carbocycles. The largest absolute Gasteiger partial charge is 0.497 e. The predicted octanol–water partition coefficient (Wildman–Crippen LogP) is 3.04. The van der Waals surface area contributed by atoms with E-state index in [0.29, 0.717) is 18.2 Å². The van der Waals surface area contributed by atoms with Gasteiger partial charge in [-0.05, 0) is 30.5 Å². The van der Waals surface area contributed by atoms with Gasteiger partial charge in [-0.1, -0.05) is 13.8 Å². The van der Waals surface area contributed by atoms with E-state index in [1.165, 1.54) is 0 Å². The van der Waals surface area contributed by atoms with Gasteiger partial charge in [0.05, 0.1) is 12.8 Å². The summed E-state index contributed by atoms with van der Waals surface area (Å²) in [5.74, 6) is 1.65. The summed E-state index contributed by atoms with van der Waals surface area (Å²) in [5, 5.41) is 3.84. The lowest BCUT2D eigenvalue weighted by Crippen LogP contribution is -2.31. The molecule has 1 aliphatic heterocycles. The lowest BCUT2D eigenvalue weighted by molar-refractivity contribution is 0.0933. The van der Waals surface area contributed by atoms with Crippen LogP contribution in [0.2, 0.25) is 0 Å². The summed E-state index contributed by atoms with van der Waals surface area (Å²) >= 11 is 0. The molecule has 5 heteroatoms. The van der Waals surface area contributed by atoms with Crippen molar-refractivity contribution < 1.29 is 13.9 Å². The Morgan fingerprint density at radius 1 is 1.41 bits per heavy atom. The number of furan rings is 1. The Labute approximate surface area is 130 Å². The molecule has 0 saturated carbocycles. The van der Waals surface area contributed by atoms with Crippen LogP contribution in [-0.2, 0) is 0 Å². The Balaban J connectivity index is 2.10. The highest BCUT2D eigenvalue weighted by Crippen LogP contribution is 2.37. The molecule has 2 aromatic rings. The minimum Gasteiger partial charge on any atom is -0.497 e. The molecule has 1 N–H and O–H groups in total. The van der Waals surface area contributed by atoms with Crippen molar-refractivity contribution in [1.29, 1.82) is 0 Å². The highest BCUT2D eigenvalue weighted by atomic mass is 16.5. The molecule has 22 heavy (non-hydrogen) atoms. The first kappa shape index (κ1) is 14.8. The number of methoxy groups -OCH3 is 1. The van der Waals surface area contributed by atoms with Gasteiger partial charge in [0.1, 0.15) is 11.3 Å². The molecule has 1 aromatic heterocycles. The van der Waals surface area contributed by atoms with E-state index < -0.39 is 0 Å². The Bertz CT molecular complexity index is 691. The van der Waals surface area contributed by atoms with Crippen LogP contribution < -0.4 is 15.0 Å². The summed E-state index contributed by atoms with van der Waals surface area (Å²) in [4.78, 5) is 14.5. The first-order valence-electron chi connectivity index (χ1n) is 7.74. The maximum Gasteiger partial charge on any atom is 0.289 e. The van der Waals surface area contributed by atoms with Crippen LogP contribution in [0.4, 0.5) is 5.69 Å². The number of nitrogens with zero attached hydrogens (tertiary/aromatic N) is 1. The normalized spacial score (nSPS) is 14.9. The van der Waals surface area contributed by atoms with Crippen molar-refractivity contribution in [2.75, 3.05) is 31.6 Å². The van der Waals surface area contributed by atoms with Crippen LogP contribution in [0, 0.1) is 5.92 Å². The van der Waals surface area contributed by atoms with Crippen LogP contribution in [0.15, 0.2) is 22.6 Å². The third-order valence-electron chi connectivity index (χ3n) is 4.04. The topological polar surface area (TPSA) is 54.7 Å². The first-order valence-corrected chi connectivity index (χ1v) is 7.74. The van der Waals surface area contributed by atoms with Crippen molar-refractivity contribution in [2.24, 2.45) is 5.92 Å². The average Bonchev–Trinajstić information content (AvgIpc) is 2.81. The minimum atomic E-state index is -0.141. The standard InChI is InChI=1S/C17H22N2O3/c1-11(2)6-8-19-9-7-18-17(20)16-15(19)13-10-12(21-3)4-5-14(13)22-16/h4-5,10-11H,6-9H2,1-3H3,(H,18,20). The molecule has 0 radical (unpaired) electrons. The van der Waals surface area contributed by atoms with Crippen LogP contribution >= 0.6 is 0 Å². The number of ether oxygens (including phenoxy) is 1. The second kappa shape index (κ2) is 5.91. The molecule has 1 aliphatic rings. The zero-order valence-corrected chi connectivity index (χ0v) is 13.3. The van der Waals surface area contributed by atoms with Crippen LogP contribution in [-0.4, -0.2) is 32.7 Å². The van der Waals surface area contributed by atoms with Crippen molar-refractivity contribution >= 4 is 22.6 Å². The number of carbonyl (C=O) groups is 1. The smallest absolute Gasteiger partial charge is 0.289 e. The van der Waals surface area contributed by atoms with Crippen LogP contribution in [0.1, 0.15) is 30.8 Å². The lowest BCUT2D eigenvalue weighted by Gasteiger charge is -2.23. The molecular weight excluding hydrogens is 280 g/mol. The summed E-state index contributed by atoms with van der Waals surface area (Å²) < 4.78 is 11.1. The molecule has 5 nitrogen and oxygen atoms in total. The summed E-state index contributed by atoms with van der Waals surface area (Å²) in [7, 11) is 1.64. The van der Waals surface area contributed by atoms with Gasteiger partial charge in [-0.2, -0.15) is 0 Å². The molecule has 0 saturated heterocycles.